The van der Waals surface area contributed by atoms with E-state index in [-0.39, 0.29) is 48.7 Å². The molecule has 27 heavy (non-hydrogen) atoms. The number of primary amides is 1. The van der Waals surface area contributed by atoms with Gasteiger partial charge in [-0.2, -0.15) is 0 Å². The van der Waals surface area contributed by atoms with Crippen molar-refractivity contribution in [3.05, 3.63) is 23.4 Å². The predicted molar refractivity (Wildman–Crippen MR) is 86.8 cm³/mol. The molecule has 4 aliphatic heterocycles. The summed E-state index contributed by atoms with van der Waals surface area (Å²) in [6, 6.07) is -0.244. The zero-order valence-corrected chi connectivity index (χ0v) is 14.6. The van der Waals surface area contributed by atoms with Gasteiger partial charge < -0.3 is 30.0 Å². The number of Topliss-reactive ketones (excluding diaryl/α,β-unsaturated/α-hetero) is 2. The molecule has 3 saturated heterocycles. The van der Waals surface area contributed by atoms with Gasteiger partial charge in [0.05, 0.1) is 36.4 Å². The molecule has 10 nitrogen and oxygen atoms in total. The summed E-state index contributed by atoms with van der Waals surface area (Å²) in [4.78, 5) is 41.2. The van der Waals surface area contributed by atoms with E-state index in [0.717, 1.165) is 0 Å². The lowest BCUT2D eigenvalue weighted by atomic mass is 9.78. The largest absolute Gasteiger partial charge is 0.449 e. The van der Waals surface area contributed by atoms with Crippen molar-refractivity contribution in [3.8, 4) is 0 Å². The Morgan fingerprint density at radius 2 is 2.07 bits per heavy atom. The Labute approximate surface area is 154 Å². The summed E-state index contributed by atoms with van der Waals surface area (Å²) in [5.74, 6) is -3.91. The highest BCUT2D eigenvalue weighted by molar-refractivity contribution is 6.24. The summed E-state index contributed by atoms with van der Waals surface area (Å²) < 4.78 is 15.9. The maximum absolute atomic E-state index is 13.4. The van der Waals surface area contributed by atoms with E-state index < -0.39 is 35.1 Å². The number of aliphatic hydroxyl groups is 1. The van der Waals surface area contributed by atoms with Crippen molar-refractivity contribution in [2.24, 2.45) is 11.7 Å². The highest BCUT2D eigenvalue weighted by atomic mass is 16.7. The SMILES string of the molecule is C=C1C(=O)C2=C(C(=O)C13OCCO3)[C@H](COC(N)=O)[C@@]1(O)[C@@H]3[C@H](CN21)N3C. The number of ether oxygens (including phenoxy) is 3. The molecule has 5 atom stereocenters. The van der Waals surface area contributed by atoms with Gasteiger partial charge in [0, 0.05) is 18.2 Å². The number of carbonyl (C=O) groups excluding carboxylic acids is 3. The summed E-state index contributed by atoms with van der Waals surface area (Å²) in [5, 5.41) is 11.6. The van der Waals surface area contributed by atoms with Crippen LogP contribution in [0.5, 0.6) is 0 Å². The smallest absolute Gasteiger partial charge is 0.404 e. The van der Waals surface area contributed by atoms with Gasteiger partial charge in [-0.05, 0) is 7.05 Å². The van der Waals surface area contributed by atoms with Gasteiger partial charge in [-0.1, -0.05) is 6.58 Å². The standard InChI is InChI=1S/C17H19N3O7/c1-7-12(21)11-10(14(22)17(7)26-3-4-27-17)8(6-25-15(18)23)16(24)13-9(19(13)2)5-20(11)16/h8-9,13,24H,1,3-6H2,2H3,(H2,18,23)/t8-,9-,13-,16+,19?/m0/s1. The lowest BCUT2D eigenvalue weighted by Gasteiger charge is -2.37. The third kappa shape index (κ3) is 1.76. The second kappa shape index (κ2) is 4.96. The number of ketones is 2. The van der Waals surface area contributed by atoms with Gasteiger partial charge >= 0.3 is 6.09 Å². The van der Waals surface area contributed by atoms with Crippen LogP contribution in [0.4, 0.5) is 4.79 Å². The molecule has 10 heteroatoms. The van der Waals surface area contributed by atoms with Crippen molar-refractivity contribution in [2.45, 2.75) is 23.6 Å². The highest BCUT2D eigenvalue weighted by Gasteiger charge is 2.76. The van der Waals surface area contributed by atoms with Crippen LogP contribution in [-0.2, 0) is 23.8 Å². The fourth-order valence-electron chi connectivity index (χ4n) is 5.10. The maximum Gasteiger partial charge on any atom is 0.404 e. The molecule has 3 N–H and O–H groups in total. The average molecular weight is 377 g/mol. The quantitative estimate of drug-likeness (QED) is 0.418. The molecule has 0 aromatic rings. The van der Waals surface area contributed by atoms with E-state index in [1.54, 1.807) is 4.90 Å². The number of nitrogens with two attached hydrogens (primary N) is 1. The van der Waals surface area contributed by atoms with Crippen LogP contribution < -0.4 is 5.73 Å². The molecule has 1 unspecified atom stereocenters. The Kier molecular flexibility index (Phi) is 3.10. The first kappa shape index (κ1) is 16.9. The van der Waals surface area contributed by atoms with Crippen LogP contribution in [0.2, 0.25) is 0 Å². The van der Waals surface area contributed by atoms with Crippen molar-refractivity contribution in [3.63, 3.8) is 0 Å². The van der Waals surface area contributed by atoms with Gasteiger partial charge in [0.15, 0.2) is 5.72 Å². The zero-order chi connectivity index (χ0) is 19.3. The number of piperazine rings is 1. The topological polar surface area (TPSA) is 131 Å². The molecule has 0 radical (unpaired) electrons. The van der Waals surface area contributed by atoms with E-state index in [2.05, 4.69) is 6.58 Å². The third-order valence-electron chi connectivity index (χ3n) is 6.38. The van der Waals surface area contributed by atoms with E-state index in [9.17, 15) is 19.5 Å². The number of rotatable bonds is 2. The molecular weight excluding hydrogens is 358 g/mol. The van der Waals surface area contributed by atoms with Crippen molar-refractivity contribution >= 4 is 17.7 Å². The van der Waals surface area contributed by atoms with Crippen LogP contribution in [0.3, 0.4) is 0 Å². The number of fused-ring (bicyclic) bond motifs is 4. The van der Waals surface area contributed by atoms with Crippen LogP contribution in [0, 0.1) is 5.92 Å². The Bertz CT molecular complexity index is 845. The Morgan fingerprint density at radius 3 is 2.70 bits per heavy atom. The van der Waals surface area contributed by atoms with E-state index in [4.69, 9.17) is 19.9 Å². The predicted octanol–water partition coefficient (Wildman–Crippen LogP) is -1.90. The molecule has 5 rings (SSSR count). The van der Waals surface area contributed by atoms with Crippen LogP contribution in [-0.4, -0.2) is 89.6 Å². The lowest BCUT2D eigenvalue weighted by molar-refractivity contribution is -0.167. The van der Waals surface area contributed by atoms with E-state index in [1.807, 2.05) is 11.9 Å². The molecule has 0 aromatic heterocycles. The first-order valence-corrected chi connectivity index (χ1v) is 8.70. The summed E-state index contributed by atoms with van der Waals surface area (Å²) in [5.41, 5.74) is 3.58. The number of amides is 1. The Morgan fingerprint density at radius 1 is 1.41 bits per heavy atom. The monoisotopic (exact) mass is 377 g/mol. The average Bonchev–Trinajstić information content (AvgIpc) is 2.97. The molecule has 1 aliphatic carbocycles. The number of carbonyl (C=O) groups is 3. The third-order valence-corrected chi connectivity index (χ3v) is 6.38. The molecule has 3 fully saturated rings. The second-order valence-corrected chi connectivity index (χ2v) is 7.47. The van der Waals surface area contributed by atoms with Gasteiger partial charge in [-0.3, -0.25) is 14.5 Å². The van der Waals surface area contributed by atoms with Crippen LogP contribution in [0.25, 0.3) is 0 Å². The summed E-state index contributed by atoms with van der Waals surface area (Å²) in [6.45, 7) is 4.08. The minimum Gasteiger partial charge on any atom is -0.449 e. The summed E-state index contributed by atoms with van der Waals surface area (Å²) in [6.07, 6.45) is -1.03. The van der Waals surface area contributed by atoms with Crippen molar-refractivity contribution in [2.75, 3.05) is 33.4 Å². The summed E-state index contributed by atoms with van der Waals surface area (Å²) >= 11 is 0. The van der Waals surface area contributed by atoms with Crippen molar-refractivity contribution < 1.29 is 33.7 Å². The van der Waals surface area contributed by atoms with E-state index >= 15 is 0 Å². The van der Waals surface area contributed by atoms with Gasteiger partial charge in [-0.15, -0.1) is 0 Å². The van der Waals surface area contributed by atoms with Crippen LogP contribution in [0.15, 0.2) is 23.4 Å². The van der Waals surface area contributed by atoms with Gasteiger partial charge in [0.2, 0.25) is 11.6 Å². The minimum atomic E-state index is -1.87. The fraction of sp³-hybridized carbons (Fsp3) is 0.588. The van der Waals surface area contributed by atoms with Crippen molar-refractivity contribution in [1.82, 2.24) is 9.80 Å². The number of hydrogen-bond acceptors (Lipinski definition) is 9. The Balaban J connectivity index is 1.65. The zero-order valence-electron chi connectivity index (χ0n) is 14.6. The van der Waals surface area contributed by atoms with Gasteiger partial charge in [0.25, 0.3) is 5.79 Å². The molecule has 5 aliphatic rings. The van der Waals surface area contributed by atoms with E-state index in [1.165, 1.54) is 0 Å². The minimum absolute atomic E-state index is 0.0474. The normalized spacial score (nSPS) is 41.1. The summed E-state index contributed by atoms with van der Waals surface area (Å²) in [7, 11) is 1.85. The molecule has 144 valence electrons. The fourth-order valence-corrected chi connectivity index (χ4v) is 5.10. The highest BCUT2D eigenvalue weighted by Crippen LogP contribution is 2.58. The molecule has 0 bridgehead atoms. The molecule has 1 spiro atoms. The number of nitrogens with zero attached hydrogens (tertiary/aromatic N) is 2. The van der Waals surface area contributed by atoms with E-state index in [0.29, 0.717) is 6.54 Å². The molecular formula is C17H19N3O7. The van der Waals surface area contributed by atoms with Crippen LogP contribution in [0.1, 0.15) is 0 Å². The van der Waals surface area contributed by atoms with Gasteiger partial charge in [0.1, 0.15) is 6.61 Å². The van der Waals surface area contributed by atoms with Crippen LogP contribution >= 0.6 is 0 Å². The first-order valence-electron chi connectivity index (χ1n) is 8.70. The second-order valence-electron chi connectivity index (χ2n) is 7.47. The number of hydrogen-bond donors (Lipinski definition) is 2. The molecule has 4 heterocycles. The molecule has 1 amide bonds. The molecule has 0 saturated carbocycles. The number of likely N-dealkylation sites (N-methyl/N-ethyl adjacent to an activating group) is 1. The first-order chi connectivity index (χ1) is 12.7. The van der Waals surface area contributed by atoms with Gasteiger partial charge in [-0.25, -0.2) is 4.79 Å². The Hall–Kier alpha value is -2.27. The lowest BCUT2D eigenvalue weighted by Crippen LogP contribution is -2.53. The maximum atomic E-state index is 13.4. The molecule has 0 aromatic carbocycles. The van der Waals surface area contributed by atoms with Crippen molar-refractivity contribution in [1.29, 1.82) is 0 Å². The number of allylic oxidation sites excluding steroid dienone is 1.